The van der Waals surface area contributed by atoms with Crippen LogP contribution >= 0.6 is 0 Å². The number of nitrogens with one attached hydrogen (secondary N) is 3. The van der Waals surface area contributed by atoms with E-state index in [-0.39, 0.29) is 0 Å². The lowest BCUT2D eigenvalue weighted by Crippen LogP contribution is -2.44. The van der Waals surface area contributed by atoms with E-state index >= 15 is 0 Å². The monoisotopic (exact) mass is 367 g/mol. The Bertz CT molecular complexity index is 931. The third-order valence-electron chi connectivity index (χ3n) is 4.94. The van der Waals surface area contributed by atoms with E-state index in [0.29, 0.717) is 5.95 Å². The molecular formula is C19H25N7O. The van der Waals surface area contributed by atoms with Gasteiger partial charge in [0.1, 0.15) is 11.3 Å². The molecule has 0 unspecified atom stereocenters. The maximum atomic E-state index is 5.62. The van der Waals surface area contributed by atoms with Crippen molar-refractivity contribution < 1.29 is 4.74 Å². The van der Waals surface area contributed by atoms with Gasteiger partial charge in [-0.3, -0.25) is 0 Å². The second-order valence-corrected chi connectivity index (χ2v) is 6.68. The molecule has 3 aromatic rings. The van der Waals surface area contributed by atoms with Gasteiger partial charge in [-0.25, -0.2) is 4.98 Å². The van der Waals surface area contributed by atoms with Crippen LogP contribution < -0.4 is 20.3 Å². The Labute approximate surface area is 158 Å². The van der Waals surface area contributed by atoms with Gasteiger partial charge in [0.15, 0.2) is 5.82 Å². The summed E-state index contributed by atoms with van der Waals surface area (Å²) in [7, 11) is 5.69. The van der Waals surface area contributed by atoms with Crippen molar-refractivity contribution in [2.24, 2.45) is 0 Å². The minimum atomic E-state index is 0.525. The zero-order valence-electron chi connectivity index (χ0n) is 15.9. The molecule has 8 nitrogen and oxygen atoms in total. The molecule has 142 valence electrons. The number of H-pyrrole nitrogens is 1. The average molecular weight is 367 g/mol. The number of hydrogen-bond donors (Lipinski definition) is 3. The number of likely N-dealkylation sites (N-methyl/N-ethyl adjacent to an activating group) is 1. The van der Waals surface area contributed by atoms with Gasteiger partial charge in [-0.05, 0) is 25.2 Å². The minimum absolute atomic E-state index is 0.525. The van der Waals surface area contributed by atoms with Crippen LogP contribution in [0.25, 0.3) is 11.0 Å². The minimum Gasteiger partial charge on any atom is -0.494 e. The van der Waals surface area contributed by atoms with Crippen LogP contribution in [0.4, 0.5) is 23.1 Å². The van der Waals surface area contributed by atoms with Gasteiger partial charge < -0.3 is 30.2 Å². The van der Waals surface area contributed by atoms with Gasteiger partial charge in [-0.2, -0.15) is 4.98 Å². The van der Waals surface area contributed by atoms with Gasteiger partial charge in [0.05, 0.1) is 18.3 Å². The molecule has 2 aromatic heterocycles. The van der Waals surface area contributed by atoms with Gasteiger partial charge in [-0.15, -0.1) is 0 Å². The Kier molecular flexibility index (Phi) is 4.72. The summed E-state index contributed by atoms with van der Waals surface area (Å²) in [6.07, 6.45) is 1.86. The highest BCUT2D eigenvalue weighted by Crippen LogP contribution is 2.32. The van der Waals surface area contributed by atoms with Gasteiger partial charge >= 0.3 is 0 Å². The van der Waals surface area contributed by atoms with Crippen molar-refractivity contribution in [3.05, 3.63) is 30.5 Å². The van der Waals surface area contributed by atoms with Crippen molar-refractivity contribution in [2.45, 2.75) is 0 Å². The number of piperazine rings is 1. The van der Waals surface area contributed by atoms with E-state index in [1.165, 1.54) is 5.69 Å². The van der Waals surface area contributed by atoms with Crippen LogP contribution in [0.2, 0.25) is 0 Å². The standard InChI is InChI=1S/C19H25N7O/c1-20-18-17-15(6-7-21-17)23-19(24-18)22-14-5-4-13(12-16(14)27-3)26-10-8-25(2)9-11-26/h4-7,12,21H,8-11H2,1-3H3,(H2,20,22,23,24). The molecule has 0 bridgehead atoms. The van der Waals surface area contributed by atoms with E-state index in [9.17, 15) is 0 Å². The predicted molar refractivity (Wildman–Crippen MR) is 109 cm³/mol. The summed E-state index contributed by atoms with van der Waals surface area (Å²) in [6.45, 7) is 4.18. The van der Waals surface area contributed by atoms with E-state index in [4.69, 9.17) is 4.74 Å². The molecule has 0 saturated carbocycles. The second kappa shape index (κ2) is 7.32. The SMILES string of the molecule is CNc1nc(Nc2ccc(N3CCN(C)CC3)cc2OC)nc2cc[nH]c12. The lowest BCUT2D eigenvalue weighted by Gasteiger charge is -2.34. The first-order chi connectivity index (χ1) is 13.2. The highest BCUT2D eigenvalue weighted by atomic mass is 16.5. The van der Waals surface area contributed by atoms with Crippen molar-refractivity contribution in [3.63, 3.8) is 0 Å². The van der Waals surface area contributed by atoms with Gasteiger partial charge in [-0.1, -0.05) is 0 Å². The molecule has 1 aliphatic rings. The van der Waals surface area contributed by atoms with Crippen molar-refractivity contribution in [1.29, 1.82) is 0 Å². The molecule has 0 aliphatic carbocycles. The van der Waals surface area contributed by atoms with E-state index < -0.39 is 0 Å². The topological polar surface area (TPSA) is 81.3 Å². The molecule has 8 heteroatoms. The van der Waals surface area contributed by atoms with E-state index in [0.717, 1.165) is 54.5 Å². The van der Waals surface area contributed by atoms with Crippen LogP contribution in [0.1, 0.15) is 0 Å². The highest BCUT2D eigenvalue weighted by molar-refractivity contribution is 5.87. The Hall–Kier alpha value is -3.00. The number of nitrogens with zero attached hydrogens (tertiary/aromatic N) is 4. The van der Waals surface area contributed by atoms with Crippen LogP contribution in [-0.4, -0.2) is 67.2 Å². The molecule has 1 aliphatic heterocycles. The smallest absolute Gasteiger partial charge is 0.229 e. The molecule has 1 saturated heterocycles. The summed E-state index contributed by atoms with van der Waals surface area (Å²) in [5, 5.41) is 6.39. The van der Waals surface area contributed by atoms with Crippen molar-refractivity contribution in [1.82, 2.24) is 19.9 Å². The number of ether oxygens (including phenoxy) is 1. The highest BCUT2D eigenvalue weighted by Gasteiger charge is 2.16. The fourth-order valence-corrected chi connectivity index (χ4v) is 3.35. The van der Waals surface area contributed by atoms with E-state index in [1.807, 2.05) is 25.4 Å². The Morgan fingerprint density at radius 1 is 1.11 bits per heavy atom. The fraction of sp³-hybridized carbons (Fsp3) is 0.368. The second-order valence-electron chi connectivity index (χ2n) is 6.68. The Balaban J connectivity index is 1.60. The Morgan fingerprint density at radius 3 is 2.67 bits per heavy atom. The molecule has 3 N–H and O–H groups in total. The van der Waals surface area contributed by atoms with Gasteiger partial charge in [0, 0.05) is 51.2 Å². The number of rotatable bonds is 5. The third kappa shape index (κ3) is 3.48. The van der Waals surface area contributed by atoms with E-state index in [2.05, 4.69) is 54.6 Å². The van der Waals surface area contributed by atoms with Crippen LogP contribution in [0, 0.1) is 0 Å². The quantitative estimate of drug-likeness (QED) is 0.639. The number of aromatic nitrogens is 3. The fourth-order valence-electron chi connectivity index (χ4n) is 3.35. The first-order valence-electron chi connectivity index (χ1n) is 9.09. The molecule has 0 atom stereocenters. The summed E-state index contributed by atoms with van der Waals surface area (Å²) in [5.74, 6) is 2.05. The summed E-state index contributed by atoms with van der Waals surface area (Å²) in [4.78, 5) is 17.0. The molecular weight excluding hydrogens is 342 g/mol. The average Bonchev–Trinajstić information content (AvgIpc) is 3.17. The maximum Gasteiger partial charge on any atom is 0.229 e. The number of anilines is 4. The molecule has 4 rings (SSSR count). The molecule has 27 heavy (non-hydrogen) atoms. The lowest BCUT2D eigenvalue weighted by atomic mass is 10.2. The first kappa shape index (κ1) is 17.4. The zero-order chi connectivity index (χ0) is 18.8. The number of methoxy groups -OCH3 is 1. The largest absolute Gasteiger partial charge is 0.494 e. The lowest BCUT2D eigenvalue weighted by molar-refractivity contribution is 0.312. The molecule has 1 aromatic carbocycles. The summed E-state index contributed by atoms with van der Waals surface area (Å²) in [5.41, 5.74) is 3.75. The van der Waals surface area contributed by atoms with Crippen molar-refractivity contribution >= 4 is 34.2 Å². The number of aromatic amines is 1. The molecule has 3 heterocycles. The summed E-state index contributed by atoms with van der Waals surface area (Å²) < 4.78 is 5.62. The van der Waals surface area contributed by atoms with Crippen LogP contribution in [0.15, 0.2) is 30.5 Å². The molecule has 1 fully saturated rings. The van der Waals surface area contributed by atoms with Crippen molar-refractivity contribution in [3.8, 4) is 5.75 Å². The summed E-state index contributed by atoms with van der Waals surface area (Å²) >= 11 is 0. The van der Waals surface area contributed by atoms with Crippen LogP contribution in [0.5, 0.6) is 5.75 Å². The van der Waals surface area contributed by atoms with Gasteiger partial charge in [0.2, 0.25) is 5.95 Å². The maximum absolute atomic E-state index is 5.62. The molecule has 0 radical (unpaired) electrons. The van der Waals surface area contributed by atoms with Gasteiger partial charge in [0.25, 0.3) is 0 Å². The molecule has 0 amide bonds. The number of benzene rings is 1. The molecule has 0 spiro atoms. The van der Waals surface area contributed by atoms with Crippen molar-refractivity contribution in [2.75, 3.05) is 62.9 Å². The van der Waals surface area contributed by atoms with E-state index in [1.54, 1.807) is 7.11 Å². The van der Waals surface area contributed by atoms with Crippen LogP contribution in [0.3, 0.4) is 0 Å². The number of hydrogen-bond acceptors (Lipinski definition) is 7. The Morgan fingerprint density at radius 2 is 1.93 bits per heavy atom. The summed E-state index contributed by atoms with van der Waals surface area (Å²) in [6, 6.07) is 8.14. The predicted octanol–water partition coefficient (Wildman–Crippen LogP) is 2.50. The normalized spacial score (nSPS) is 15.1. The first-order valence-corrected chi connectivity index (χ1v) is 9.09. The third-order valence-corrected chi connectivity index (χ3v) is 4.94. The zero-order valence-corrected chi connectivity index (χ0v) is 15.9. The number of fused-ring (bicyclic) bond motifs is 1. The van der Waals surface area contributed by atoms with Crippen LogP contribution in [-0.2, 0) is 0 Å².